The van der Waals surface area contributed by atoms with Crippen molar-refractivity contribution in [3.63, 3.8) is 0 Å². The number of hydrogen-bond acceptors (Lipinski definition) is 7. The first-order valence-corrected chi connectivity index (χ1v) is 13.1. The van der Waals surface area contributed by atoms with E-state index in [1.165, 1.54) is 18.5 Å². The van der Waals surface area contributed by atoms with Gasteiger partial charge in [0, 0.05) is 52.0 Å². The minimum Gasteiger partial charge on any atom is -0.383 e. The number of hydrazine groups is 1. The third kappa shape index (κ3) is 11.1. The maximum Gasteiger partial charge on any atom is 0.207 e. The van der Waals surface area contributed by atoms with E-state index in [1.807, 2.05) is 63.4 Å². The molecule has 8 heteroatoms. The molecule has 8 nitrogen and oxygen atoms in total. The number of rotatable bonds is 13. The molecule has 0 spiro atoms. The van der Waals surface area contributed by atoms with Crippen LogP contribution in [-0.4, -0.2) is 71.6 Å². The molecule has 0 bridgehead atoms. The molecule has 1 aliphatic rings. The van der Waals surface area contributed by atoms with Crippen LogP contribution in [0.5, 0.6) is 0 Å². The largest absolute Gasteiger partial charge is 0.383 e. The highest BCUT2D eigenvalue weighted by Crippen LogP contribution is 2.23. The number of hydrogen-bond donors (Lipinski definition) is 4. The van der Waals surface area contributed by atoms with E-state index >= 15 is 0 Å². The van der Waals surface area contributed by atoms with E-state index in [0.717, 1.165) is 61.7 Å². The number of allylic oxidation sites excluding steroid dienone is 1. The Morgan fingerprint density at radius 3 is 2.41 bits per heavy atom. The van der Waals surface area contributed by atoms with Gasteiger partial charge in [-0.1, -0.05) is 36.4 Å². The zero-order chi connectivity index (χ0) is 26.9. The number of nitrogens with one attached hydrogen (secondary N) is 4. The molecule has 2 aromatic carbocycles. The molecule has 1 fully saturated rings. The summed E-state index contributed by atoms with van der Waals surface area (Å²) < 4.78 is 0. The molecule has 37 heavy (non-hydrogen) atoms. The highest BCUT2D eigenvalue weighted by atomic mass is 16.1. The number of aldehydes is 1. The molecule has 0 unspecified atom stereocenters. The van der Waals surface area contributed by atoms with Gasteiger partial charge in [0.05, 0.1) is 11.4 Å². The summed E-state index contributed by atoms with van der Waals surface area (Å²) in [5.41, 5.74) is 8.41. The van der Waals surface area contributed by atoms with Crippen molar-refractivity contribution in [3.8, 4) is 0 Å². The molecule has 0 atom stereocenters. The Morgan fingerprint density at radius 1 is 1.03 bits per heavy atom. The van der Waals surface area contributed by atoms with Gasteiger partial charge in [-0.2, -0.15) is 0 Å². The number of nitrogens with zero attached hydrogens (tertiary/aromatic N) is 2. The minimum absolute atomic E-state index is 0.653. The van der Waals surface area contributed by atoms with Gasteiger partial charge in [-0.15, -0.1) is 0 Å². The average Bonchev–Trinajstić information content (AvgIpc) is 2.91. The highest BCUT2D eigenvalue weighted by Gasteiger charge is 2.13. The minimum atomic E-state index is 0.653. The molecular weight excluding hydrogens is 464 g/mol. The van der Waals surface area contributed by atoms with Gasteiger partial charge in [0.2, 0.25) is 6.41 Å². The molecule has 1 aliphatic heterocycles. The van der Waals surface area contributed by atoms with Crippen molar-refractivity contribution in [3.05, 3.63) is 59.7 Å². The number of para-hydroxylation sites is 2. The number of benzene rings is 2. The molecule has 0 radical (unpaired) electrons. The third-order valence-electron chi connectivity index (χ3n) is 6.16. The summed E-state index contributed by atoms with van der Waals surface area (Å²) in [4.78, 5) is 23.1. The fraction of sp³-hybridized carbons (Fsp3) is 0.448. The van der Waals surface area contributed by atoms with Crippen LogP contribution in [0.3, 0.4) is 0 Å². The van der Waals surface area contributed by atoms with Crippen molar-refractivity contribution in [1.29, 1.82) is 0 Å². The monoisotopic (exact) mass is 508 g/mol. The number of amides is 1. The van der Waals surface area contributed by atoms with E-state index < -0.39 is 0 Å². The maximum absolute atomic E-state index is 10.9. The van der Waals surface area contributed by atoms with Crippen LogP contribution in [0.1, 0.15) is 42.1 Å². The Kier molecular flexibility index (Phi) is 13.9. The average molecular weight is 509 g/mol. The topological polar surface area (TPSA) is 88.7 Å². The number of piperidine rings is 1. The predicted molar refractivity (Wildman–Crippen MR) is 156 cm³/mol. The molecule has 1 saturated heterocycles. The lowest BCUT2D eigenvalue weighted by molar-refractivity contribution is -0.109. The van der Waals surface area contributed by atoms with Gasteiger partial charge in [-0.3, -0.25) is 9.59 Å². The van der Waals surface area contributed by atoms with Crippen molar-refractivity contribution >= 4 is 35.8 Å². The van der Waals surface area contributed by atoms with Crippen LogP contribution in [0.25, 0.3) is 6.08 Å². The van der Waals surface area contributed by atoms with E-state index in [4.69, 9.17) is 0 Å². The van der Waals surface area contributed by atoms with Crippen LogP contribution in [0.4, 0.5) is 17.1 Å². The normalized spacial score (nSPS) is 13.5. The lowest BCUT2D eigenvalue weighted by Gasteiger charge is -2.24. The first-order valence-electron chi connectivity index (χ1n) is 13.1. The van der Waals surface area contributed by atoms with Crippen LogP contribution in [-0.2, 0) is 4.79 Å². The fourth-order valence-electron chi connectivity index (χ4n) is 4.20. The number of carbonyl (C=O) groups excluding carboxylic acids is 2. The van der Waals surface area contributed by atoms with Gasteiger partial charge in [0.15, 0.2) is 0 Å². The Labute approximate surface area is 222 Å². The summed E-state index contributed by atoms with van der Waals surface area (Å²) in [5.74, 6) is 0.790. The van der Waals surface area contributed by atoms with E-state index in [0.29, 0.717) is 18.5 Å². The Morgan fingerprint density at radius 2 is 1.76 bits per heavy atom. The fourth-order valence-corrected chi connectivity index (χ4v) is 4.20. The first kappa shape index (κ1) is 29.9. The predicted octanol–water partition coefficient (Wildman–Crippen LogP) is 4.09. The second kappa shape index (κ2) is 17.2. The van der Waals surface area contributed by atoms with Gasteiger partial charge in [-0.25, -0.2) is 5.01 Å². The van der Waals surface area contributed by atoms with Crippen LogP contribution >= 0.6 is 0 Å². The quantitative estimate of drug-likeness (QED) is 0.184. The summed E-state index contributed by atoms with van der Waals surface area (Å²) in [6, 6.07) is 14.0. The Bertz CT molecular complexity index is 973. The molecular formula is C29H44N6O2. The summed E-state index contributed by atoms with van der Waals surface area (Å²) in [7, 11) is 5.99. The smallest absolute Gasteiger partial charge is 0.207 e. The Hall–Kier alpha value is -3.36. The van der Waals surface area contributed by atoms with Crippen molar-refractivity contribution in [2.24, 2.45) is 5.92 Å². The van der Waals surface area contributed by atoms with Crippen molar-refractivity contribution in [1.82, 2.24) is 15.6 Å². The standard InChI is InChI=1S/C15H20N2O2.C14H24N4/c1-3-5-14-7-6-13(11-18)10-15(14)17(2)9-4-8-16-12-19;1-18(2)17-14-6-4-3-5-13(14)16-11-12-7-9-15-10-8-12/h3,5-7,10-12H,4,8-9H2,1-2H3,(H,16,19);3-6,12,15-17H,7-11H2,1-2H3/b5-3+;. The molecule has 2 aromatic rings. The summed E-state index contributed by atoms with van der Waals surface area (Å²) >= 11 is 0. The highest BCUT2D eigenvalue weighted by molar-refractivity contribution is 5.80. The Balaban J connectivity index is 0.000000260. The second-order valence-corrected chi connectivity index (χ2v) is 9.41. The number of carbonyl (C=O) groups is 2. The lowest BCUT2D eigenvalue weighted by Crippen LogP contribution is -2.31. The zero-order valence-corrected chi connectivity index (χ0v) is 22.8. The number of anilines is 3. The summed E-state index contributed by atoms with van der Waals surface area (Å²) in [5, 5.41) is 11.6. The van der Waals surface area contributed by atoms with E-state index in [2.05, 4.69) is 50.5 Å². The van der Waals surface area contributed by atoms with Gasteiger partial charge >= 0.3 is 0 Å². The zero-order valence-electron chi connectivity index (χ0n) is 22.8. The van der Waals surface area contributed by atoms with Crippen LogP contribution in [0.2, 0.25) is 0 Å². The van der Waals surface area contributed by atoms with Crippen LogP contribution in [0, 0.1) is 5.92 Å². The van der Waals surface area contributed by atoms with E-state index in [1.54, 1.807) is 0 Å². The second-order valence-electron chi connectivity index (χ2n) is 9.41. The molecule has 1 heterocycles. The molecule has 1 amide bonds. The van der Waals surface area contributed by atoms with Gasteiger partial charge in [0.1, 0.15) is 6.29 Å². The SMILES string of the molecule is C/C=C/c1ccc(C=O)cc1N(C)CCCNC=O.CN(C)Nc1ccccc1NCC1CCNCC1. The van der Waals surface area contributed by atoms with Crippen molar-refractivity contribution in [2.45, 2.75) is 26.2 Å². The van der Waals surface area contributed by atoms with E-state index in [-0.39, 0.29) is 0 Å². The third-order valence-corrected chi connectivity index (χ3v) is 6.16. The molecule has 0 aromatic heterocycles. The molecule has 4 N–H and O–H groups in total. The molecule has 0 saturated carbocycles. The van der Waals surface area contributed by atoms with E-state index in [9.17, 15) is 9.59 Å². The lowest BCUT2D eigenvalue weighted by atomic mass is 9.98. The van der Waals surface area contributed by atoms with Gasteiger partial charge in [-0.05, 0) is 69.0 Å². The van der Waals surface area contributed by atoms with Gasteiger partial charge < -0.3 is 26.3 Å². The van der Waals surface area contributed by atoms with Gasteiger partial charge in [0.25, 0.3) is 0 Å². The molecule has 3 rings (SSSR count). The van der Waals surface area contributed by atoms with Crippen molar-refractivity contribution in [2.75, 3.05) is 69.5 Å². The first-order chi connectivity index (χ1) is 18.0. The molecule has 202 valence electrons. The molecule has 0 aliphatic carbocycles. The summed E-state index contributed by atoms with van der Waals surface area (Å²) in [6.07, 6.45) is 8.96. The van der Waals surface area contributed by atoms with Crippen LogP contribution in [0.15, 0.2) is 48.5 Å². The van der Waals surface area contributed by atoms with Crippen molar-refractivity contribution < 1.29 is 9.59 Å². The maximum atomic E-state index is 10.9. The summed E-state index contributed by atoms with van der Waals surface area (Å²) in [6.45, 7) is 6.81. The van der Waals surface area contributed by atoms with Crippen LogP contribution < -0.4 is 26.3 Å².